The van der Waals surface area contributed by atoms with Crippen molar-refractivity contribution in [1.29, 1.82) is 0 Å². The predicted octanol–water partition coefficient (Wildman–Crippen LogP) is 3.42. The van der Waals surface area contributed by atoms with Gasteiger partial charge in [0.15, 0.2) is 0 Å². The Labute approximate surface area is 165 Å². The van der Waals surface area contributed by atoms with E-state index < -0.39 is 0 Å². The van der Waals surface area contributed by atoms with Crippen molar-refractivity contribution in [3.05, 3.63) is 21.3 Å². The van der Waals surface area contributed by atoms with Crippen LogP contribution in [0.4, 0.5) is 0 Å². The molecular weight excluding hydrogens is 389 g/mol. The summed E-state index contributed by atoms with van der Waals surface area (Å²) in [6, 6.07) is 4.05. The van der Waals surface area contributed by atoms with E-state index in [0.717, 1.165) is 62.9 Å². The van der Waals surface area contributed by atoms with Crippen LogP contribution in [0.5, 0.6) is 0 Å². The molecule has 1 aromatic heterocycles. The monoisotopic (exact) mass is 413 g/mol. The van der Waals surface area contributed by atoms with Crippen LogP contribution in [0, 0.1) is 0 Å². The van der Waals surface area contributed by atoms with Crippen LogP contribution in [0.15, 0.2) is 12.1 Å². The van der Waals surface area contributed by atoms with E-state index in [4.69, 9.17) is 11.6 Å². The summed E-state index contributed by atoms with van der Waals surface area (Å²) in [5.74, 6) is 0.311. The Morgan fingerprint density at radius 1 is 1.29 bits per heavy atom. The summed E-state index contributed by atoms with van der Waals surface area (Å²) in [5, 5.41) is 3.45. The van der Waals surface area contributed by atoms with E-state index in [1.54, 1.807) is 11.3 Å². The molecule has 2 saturated heterocycles. The zero-order valence-corrected chi connectivity index (χ0v) is 17.1. The minimum absolute atomic E-state index is 0. The number of carbonyl (C=O) groups excluding carboxylic acids is 1. The van der Waals surface area contributed by atoms with Crippen LogP contribution < -0.4 is 5.32 Å². The number of thiophene rings is 1. The van der Waals surface area contributed by atoms with Gasteiger partial charge in [-0.05, 0) is 37.9 Å². The lowest BCUT2D eigenvalue weighted by molar-refractivity contribution is -0.139. The zero-order valence-electron chi connectivity index (χ0n) is 13.9. The quantitative estimate of drug-likeness (QED) is 0.820. The summed E-state index contributed by atoms with van der Waals surface area (Å²) < 4.78 is 0.848. The van der Waals surface area contributed by atoms with Gasteiger partial charge in [-0.15, -0.1) is 36.2 Å². The Bertz CT molecular complexity index is 526. The molecule has 24 heavy (non-hydrogen) atoms. The van der Waals surface area contributed by atoms with Crippen LogP contribution in [-0.2, 0) is 11.3 Å². The van der Waals surface area contributed by atoms with Gasteiger partial charge in [0, 0.05) is 37.6 Å². The van der Waals surface area contributed by atoms with E-state index in [9.17, 15) is 4.79 Å². The van der Waals surface area contributed by atoms with Crippen molar-refractivity contribution in [1.82, 2.24) is 15.1 Å². The van der Waals surface area contributed by atoms with Crippen molar-refractivity contribution in [3.8, 4) is 0 Å². The van der Waals surface area contributed by atoms with Gasteiger partial charge in [0.1, 0.15) is 0 Å². The number of nitrogens with one attached hydrogen (secondary N) is 1. The molecular formula is C16H26Cl3N3OS. The number of nitrogens with zero attached hydrogens (tertiary/aromatic N) is 2. The largest absolute Gasteiger partial charge is 0.339 e. The molecule has 3 rings (SSSR count). The van der Waals surface area contributed by atoms with Crippen LogP contribution in [0.3, 0.4) is 0 Å². The van der Waals surface area contributed by atoms with Crippen molar-refractivity contribution in [2.75, 3.05) is 32.7 Å². The van der Waals surface area contributed by atoms with Crippen LogP contribution in [-0.4, -0.2) is 54.0 Å². The first-order chi connectivity index (χ1) is 10.6. The van der Waals surface area contributed by atoms with Gasteiger partial charge < -0.3 is 10.2 Å². The molecule has 3 heterocycles. The second-order valence-corrected chi connectivity index (χ2v) is 8.04. The van der Waals surface area contributed by atoms with Crippen LogP contribution >= 0.6 is 47.8 Å². The fraction of sp³-hybridized carbons (Fsp3) is 0.688. The van der Waals surface area contributed by atoms with Gasteiger partial charge >= 0.3 is 0 Å². The molecule has 8 heteroatoms. The molecule has 1 atom stereocenters. The van der Waals surface area contributed by atoms with Crippen molar-refractivity contribution < 1.29 is 4.79 Å². The summed E-state index contributed by atoms with van der Waals surface area (Å²) in [7, 11) is 0. The number of rotatable bonds is 4. The maximum absolute atomic E-state index is 12.9. The minimum Gasteiger partial charge on any atom is -0.339 e. The average Bonchev–Trinajstić information content (AvgIpc) is 3.17. The molecule has 0 bridgehead atoms. The number of amides is 1. The Morgan fingerprint density at radius 3 is 2.50 bits per heavy atom. The highest BCUT2D eigenvalue weighted by atomic mass is 35.5. The summed E-state index contributed by atoms with van der Waals surface area (Å²) in [6.07, 6.45) is 2.98. The van der Waals surface area contributed by atoms with Crippen molar-refractivity contribution in [2.24, 2.45) is 0 Å². The first kappa shape index (κ1) is 22.0. The number of hydrogen-bond donors (Lipinski definition) is 1. The second-order valence-electron chi connectivity index (χ2n) is 6.24. The first-order valence-electron chi connectivity index (χ1n) is 8.14. The fourth-order valence-corrected chi connectivity index (χ4v) is 4.64. The van der Waals surface area contributed by atoms with E-state index in [1.165, 1.54) is 4.88 Å². The van der Waals surface area contributed by atoms with E-state index >= 15 is 0 Å². The van der Waals surface area contributed by atoms with Gasteiger partial charge in [-0.25, -0.2) is 0 Å². The van der Waals surface area contributed by atoms with Gasteiger partial charge in [0.05, 0.1) is 9.88 Å². The molecule has 1 aromatic rings. The maximum Gasteiger partial charge on any atom is 0.242 e. The molecule has 0 saturated carbocycles. The lowest BCUT2D eigenvalue weighted by Crippen LogP contribution is -2.58. The summed E-state index contributed by atoms with van der Waals surface area (Å²) >= 11 is 7.63. The third-order valence-corrected chi connectivity index (χ3v) is 6.14. The van der Waals surface area contributed by atoms with E-state index in [1.807, 2.05) is 6.07 Å². The van der Waals surface area contributed by atoms with Crippen LogP contribution in [0.25, 0.3) is 0 Å². The normalized spacial score (nSPS) is 24.3. The molecule has 1 N–H and O–H groups in total. The SMILES string of the molecule is CCC1(C(=O)N2CCN(Cc3ccc(Cl)s3)CC2)CCCN1.Cl.Cl. The molecule has 2 fully saturated rings. The smallest absolute Gasteiger partial charge is 0.242 e. The highest BCUT2D eigenvalue weighted by molar-refractivity contribution is 7.16. The first-order valence-corrected chi connectivity index (χ1v) is 9.33. The molecule has 2 aliphatic heterocycles. The van der Waals surface area contributed by atoms with E-state index in [2.05, 4.69) is 28.1 Å². The summed E-state index contributed by atoms with van der Waals surface area (Å²) in [4.78, 5) is 18.6. The number of halogens is 3. The Balaban J connectivity index is 0.00000144. The lowest BCUT2D eigenvalue weighted by Gasteiger charge is -2.39. The topological polar surface area (TPSA) is 35.6 Å². The number of hydrogen-bond acceptors (Lipinski definition) is 4. The third-order valence-electron chi connectivity index (χ3n) is 4.92. The fourth-order valence-electron chi connectivity index (χ4n) is 3.51. The maximum atomic E-state index is 12.9. The number of carbonyl (C=O) groups is 1. The molecule has 0 radical (unpaired) electrons. The predicted molar refractivity (Wildman–Crippen MR) is 106 cm³/mol. The van der Waals surface area contributed by atoms with Gasteiger partial charge in [0.25, 0.3) is 0 Å². The Hall–Kier alpha value is -0.0400. The Morgan fingerprint density at radius 2 is 2.00 bits per heavy atom. The van der Waals surface area contributed by atoms with Gasteiger partial charge in [0.2, 0.25) is 5.91 Å². The van der Waals surface area contributed by atoms with Crippen molar-refractivity contribution in [2.45, 2.75) is 38.3 Å². The molecule has 4 nitrogen and oxygen atoms in total. The Kier molecular flexibility index (Phi) is 8.80. The van der Waals surface area contributed by atoms with Gasteiger partial charge in [-0.1, -0.05) is 18.5 Å². The number of piperazine rings is 1. The van der Waals surface area contributed by atoms with Gasteiger partial charge in [-0.3, -0.25) is 9.69 Å². The van der Waals surface area contributed by atoms with Crippen LogP contribution in [0.2, 0.25) is 4.34 Å². The molecule has 2 aliphatic rings. The van der Waals surface area contributed by atoms with Gasteiger partial charge in [-0.2, -0.15) is 0 Å². The minimum atomic E-state index is -0.288. The molecule has 138 valence electrons. The average molecular weight is 415 g/mol. The van der Waals surface area contributed by atoms with Crippen molar-refractivity contribution in [3.63, 3.8) is 0 Å². The van der Waals surface area contributed by atoms with E-state index in [-0.39, 0.29) is 30.4 Å². The zero-order chi connectivity index (χ0) is 15.6. The molecule has 0 aromatic carbocycles. The summed E-state index contributed by atoms with van der Waals surface area (Å²) in [5.41, 5.74) is -0.288. The van der Waals surface area contributed by atoms with E-state index in [0.29, 0.717) is 5.91 Å². The molecule has 1 unspecified atom stereocenters. The highest BCUT2D eigenvalue weighted by Crippen LogP contribution is 2.27. The standard InChI is InChI=1S/C16H24ClN3OS.2ClH/c1-2-16(6-3-7-18-16)15(21)20-10-8-19(9-11-20)12-13-4-5-14(17)22-13;;/h4-5,18H,2-3,6-12H2,1H3;2*1H. The second kappa shape index (κ2) is 9.60. The third kappa shape index (κ3) is 4.77. The van der Waals surface area contributed by atoms with Crippen LogP contribution in [0.1, 0.15) is 31.1 Å². The molecule has 0 aliphatic carbocycles. The lowest BCUT2D eigenvalue weighted by atomic mass is 9.92. The molecule has 1 amide bonds. The summed E-state index contributed by atoms with van der Waals surface area (Å²) in [6.45, 7) is 7.59. The molecule has 0 spiro atoms. The highest BCUT2D eigenvalue weighted by Gasteiger charge is 2.42. The van der Waals surface area contributed by atoms with Crippen molar-refractivity contribution >= 4 is 53.7 Å².